The first-order chi connectivity index (χ1) is 7.17. The normalized spacial score (nSPS) is 17.2. The number of alkyl halides is 1. The van der Waals surface area contributed by atoms with Crippen molar-refractivity contribution < 1.29 is 9.18 Å². The lowest BCUT2D eigenvalue weighted by molar-refractivity contribution is 0.0932. The van der Waals surface area contributed by atoms with Crippen LogP contribution in [-0.4, -0.2) is 16.8 Å². The van der Waals surface area contributed by atoms with Crippen molar-refractivity contribution in [2.75, 3.05) is 5.33 Å². The summed E-state index contributed by atoms with van der Waals surface area (Å²) in [6.45, 7) is 0. The molecular formula is C11H11BrFNO. The Bertz CT molecular complexity index is 390. The second-order valence-corrected chi connectivity index (χ2v) is 4.41. The van der Waals surface area contributed by atoms with Crippen LogP contribution >= 0.6 is 15.9 Å². The fraction of sp³-hybridized carbons (Fsp3) is 0.364. The third-order valence-corrected chi connectivity index (χ3v) is 3.68. The molecule has 80 valence electrons. The summed E-state index contributed by atoms with van der Waals surface area (Å²) in [6.07, 6.45) is 1.91. The summed E-state index contributed by atoms with van der Waals surface area (Å²) in [5.41, 5.74) is -0.0240. The number of halogens is 2. The molecule has 2 nitrogen and oxygen atoms in total. The van der Waals surface area contributed by atoms with Crippen molar-refractivity contribution in [3.63, 3.8) is 0 Å². The fourth-order valence-corrected chi connectivity index (χ4v) is 2.10. The van der Waals surface area contributed by atoms with Crippen LogP contribution in [0.1, 0.15) is 23.2 Å². The molecule has 0 unspecified atom stereocenters. The summed E-state index contributed by atoms with van der Waals surface area (Å²) in [5.74, 6) is -0.801. The highest BCUT2D eigenvalue weighted by molar-refractivity contribution is 9.09. The molecule has 1 aromatic rings. The molecular weight excluding hydrogens is 261 g/mol. The van der Waals surface area contributed by atoms with Gasteiger partial charge in [0.25, 0.3) is 5.91 Å². The summed E-state index contributed by atoms with van der Waals surface area (Å²) in [7, 11) is 0. The molecule has 0 spiro atoms. The van der Waals surface area contributed by atoms with Crippen molar-refractivity contribution in [1.29, 1.82) is 0 Å². The van der Waals surface area contributed by atoms with E-state index in [0.717, 1.165) is 18.2 Å². The number of benzene rings is 1. The second-order valence-electron chi connectivity index (χ2n) is 3.85. The minimum atomic E-state index is -0.472. The van der Waals surface area contributed by atoms with E-state index in [2.05, 4.69) is 21.2 Å². The Morgan fingerprint density at radius 3 is 2.67 bits per heavy atom. The maximum Gasteiger partial charge on any atom is 0.254 e. The summed E-state index contributed by atoms with van der Waals surface area (Å²) in [4.78, 5) is 11.7. The van der Waals surface area contributed by atoms with E-state index in [-0.39, 0.29) is 17.0 Å². The van der Waals surface area contributed by atoms with Crippen molar-refractivity contribution in [2.24, 2.45) is 0 Å². The van der Waals surface area contributed by atoms with E-state index in [4.69, 9.17) is 0 Å². The van der Waals surface area contributed by atoms with E-state index in [1.54, 1.807) is 12.1 Å². The lowest BCUT2D eigenvalue weighted by Gasteiger charge is -2.14. The molecule has 15 heavy (non-hydrogen) atoms. The molecule has 0 radical (unpaired) electrons. The van der Waals surface area contributed by atoms with Gasteiger partial charge in [0.05, 0.1) is 11.1 Å². The molecule has 0 saturated heterocycles. The average molecular weight is 272 g/mol. The first kappa shape index (κ1) is 10.6. The lowest BCUT2D eigenvalue weighted by atomic mass is 10.2. The van der Waals surface area contributed by atoms with Gasteiger partial charge in [-0.05, 0) is 25.0 Å². The predicted octanol–water partition coefficient (Wildman–Crippen LogP) is 2.48. The van der Waals surface area contributed by atoms with Crippen LogP contribution in [0.25, 0.3) is 0 Å². The minimum absolute atomic E-state index is 0.115. The van der Waals surface area contributed by atoms with Crippen molar-refractivity contribution in [3.05, 3.63) is 35.6 Å². The van der Waals surface area contributed by atoms with Gasteiger partial charge in [0.15, 0.2) is 0 Å². The lowest BCUT2D eigenvalue weighted by Crippen LogP contribution is -2.38. The molecule has 1 aromatic carbocycles. The first-order valence-corrected chi connectivity index (χ1v) is 5.92. The Labute approximate surface area is 96.0 Å². The zero-order chi connectivity index (χ0) is 10.9. The molecule has 1 saturated carbocycles. The quantitative estimate of drug-likeness (QED) is 0.841. The number of nitrogens with one attached hydrogen (secondary N) is 1. The number of rotatable bonds is 3. The monoisotopic (exact) mass is 271 g/mol. The van der Waals surface area contributed by atoms with Crippen LogP contribution in [0.3, 0.4) is 0 Å². The number of carbonyl (C=O) groups excluding carboxylic acids is 1. The van der Waals surface area contributed by atoms with Crippen LogP contribution in [-0.2, 0) is 0 Å². The summed E-state index contributed by atoms with van der Waals surface area (Å²) in [5, 5.41) is 3.57. The number of amides is 1. The topological polar surface area (TPSA) is 29.1 Å². The van der Waals surface area contributed by atoms with Crippen LogP contribution in [0, 0.1) is 5.82 Å². The maximum absolute atomic E-state index is 13.3. The molecule has 2 rings (SSSR count). The molecule has 0 bridgehead atoms. The summed E-state index contributed by atoms with van der Waals surface area (Å²) < 4.78 is 13.3. The smallest absolute Gasteiger partial charge is 0.254 e. The molecule has 1 aliphatic carbocycles. The van der Waals surface area contributed by atoms with E-state index < -0.39 is 5.82 Å². The van der Waals surface area contributed by atoms with Gasteiger partial charge < -0.3 is 5.32 Å². The Balaban J connectivity index is 2.12. The highest BCUT2D eigenvalue weighted by atomic mass is 79.9. The van der Waals surface area contributed by atoms with Gasteiger partial charge in [0.2, 0.25) is 0 Å². The van der Waals surface area contributed by atoms with Gasteiger partial charge in [-0.25, -0.2) is 4.39 Å². The van der Waals surface area contributed by atoms with Crippen molar-refractivity contribution >= 4 is 21.8 Å². The van der Waals surface area contributed by atoms with Gasteiger partial charge in [0, 0.05) is 5.33 Å². The van der Waals surface area contributed by atoms with Crippen LogP contribution in [0.15, 0.2) is 24.3 Å². The second kappa shape index (κ2) is 3.93. The molecule has 1 fully saturated rings. The van der Waals surface area contributed by atoms with Gasteiger partial charge in [0.1, 0.15) is 5.82 Å². The van der Waals surface area contributed by atoms with Gasteiger partial charge >= 0.3 is 0 Å². The molecule has 1 aliphatic rings. The first-order valence-electron chi connectivity index (χ1n) is 4.80. The standard InChI is InChI=1S/C11H11BrFNO/c12-7-11(5-6-11)14-10(15)8-3-1-2-4-9(8)13/h1-4H,5-7H2,(H,14,15). The highest BCUT2D eigenvalue weighted by Crippen LogP contribution is 2.37. The zero-order valence-corrected chi connectivity index (χ0v) is 9.68. The van der Waals surface area contributed by atoms with E-state index in [9.17, 15) is 9.18 Å². The Kier molecular flexibility index (Phi) is 2.78. The van der Waals surface area contributed by atoms with Crippen LogP contribution < -0.4 is 5.32 Å². The van der Waals surface area contributed by atoms with E-state index in [0.29, 0.717) is 0 Å². The van der Waals surface area contributed by atoms with Gasteiger partial charge in [-0.1, -0.05) is 28.1 Å². The van der Waals surface area contributed by atoms with E-state index in [1.165, 1.54) is 12.1 Å². The number of hydrogen-bond acceptors (Lipinski definition) is 1. The van der Waals surface area contributed by atoms with Crippen LogP contribution in [0.4, 0.5) is 4.39 Å². The van der Waals surface area contributed by atoms with Crippen molar-refractivity contribution in [1.82, 2.24) is 5.32 Å². The zero-order valence-electron chi connectivity index (χ0n) is 8.09. The molecule has 0 aromatic heterocycles. The van der Waals surface area contributed by atoms with E-state index >= 15 is 0 Å². The summed E-state index contributed by atoms with van der Waals surface area (Å²) >= 11 is 3.34. The van der Waals surface area contributed by atoms with Gasteiger partial charge in [-0.3, -0.25) is 4.79 Å². The SMILES string of the molecule is O=C(NC1(CBr)CC1)c1ccccc1F. The highest BCUT2D eigenvalue weighted by Gasteiger charge is 2.43. The fourth-order valence-electron chi connectivity index (χ4n) is 1.40. The number of carbonyl (C=O) groups is 1. The predicted molar refractivity (Wildman–Crippen MR) is 59.6 cm³/mol. The minimum Gasteiger partial charge on any atom is -0.346 e. The van der Waals surface area contributed by atoms with Crippen LogP contribution in [0.5, 0.6) is 0 Å². The number of hydrogen-bond donors (Lipinski definition) is 1. The van der Waals surface area contributed by atoms with Gasteiger partial charge in [-0.15, -0.1) is 0 Å². The Hall–Kier alpha value is -0.900. The Morgan fingerprint density at radius 1 is 1.47 bits per heavy atom. The summed E-state index contributed by atoms with van der Waals surface area (Å²) in [6, 6.07) is 6.02. The molecule has 0 atom stereocenters. The third kappa shape index (κ3) is 2.20. The largest absolute Gasteiger partial charge is 0.346 e. The molecule has 1 N–H and O–H groups in total. The van der Waals surface area contributed by atoms with Gasteiger partial charge in [-0.2, -0.15) is 0 Å². The van der Waals surface area contributed by atoms with Crippen molar-refractivity contribution in [2.45, 2.75) is 18.4 Å². The van der Waals surface area contributed by atoms with Crippen molar-refractivity contribution in [3.8, 4) is 0 Å². The molecule has 0 heterocycles. The molecule has 1 amide bonds. The Morgan fingerprint density at radius 2 is 2.13 bits per heavy atom. The molecule has 4 heteroatoms. The third-order valence-electron chi connectivity index (χ3n) is 2.61. The average Bonchev–Trinajstić information content (AvgIpc) is 2.99. The van der Waals surface area contributed by atoms with Crippen LogP contribution in [0.2, 0.25) is 0 Å². The van der Waals surface area contributed by atoms with E-state index in [1.807, 2.05) is 0 Å². The molecule has 0 aliphatic heterocycles. The maximum atomic E-state index is 13.3.